The predicted octanol–water partition coefficient (Wildman–Crippen LogP) is 2.43. The highest BCUT2D eigenvalue weighted by Crippen LogP contribution is 2.19. The summed E-state index contributed by atoms with van der Waals surface area (Å²) in [5, 5.41) is 11.5. The van der Waals surface area contributed by atoms with Gasteiger partial charge in [0.05, 0.1) is 23.6 Å². The van der Waals surface area contributed by atoms with E-state index in [1.807, 2.05) is 6.92 Å². The average Bonchev–Trinajstić information content (AvgIpc) is 2.74. The second-order valence-corrected chi connectivity index (χ2v) is 6.60. The second-order valence-electron chi connectivity index (χ2n) is 6.60. The number of nitrogens with one attached hydrogen (secondary N) is 2. The second kappa shape index (κ2) is 9.52. The van der Waals surface area contributed by atoms with Crippen molar-refractivity contribution in [1.29, 1.82) is 5.26 Å². The fraction of sp³-hybridized carbons (Fsp3) is 0.286. The highest BCUT2D eigenvalue weighted by Gasteiger charge is 2.13. The molecule has 30 heavy (non-hydrogen) atoms. The van der Waals surface area contributed by atoms with E-state index in [2.05, 4.69) is 21.4 Å². The molecule has 0 aliphatic rings. The molecule has 0 aliphatic carbocycles. The zero-order valence-corrected chi connectivity index (χ0v) is 16.5. The number of hydrogen-bond acceptors (Lipinski definition) is 6. The van der Waals surface area contributed by atoms with Crippen molar-refractivity contribution in [2.24, 2.45) is 0 Å². The van der Waals surface area contributed by atoms with E-state index in [0.717, 1.165) is 0 Å². The first-order valence-electron chi connectivity index (χ1n) is 9.57. The Morgan fingerprint density at radius 1 is 1.33 bits per heavy atom. The molecule has 0 bridgehead atoms. The van der Waals surface area contributed by atoms with Crippen molar-refractivity contribution < 1.29 is 9.53 Å². The van der Waals surface area contributed by atoms with Gasteiger partial charge in [0.2, 0.25) is 0 Å². The molecule has 0 saturated heterocycles. The molecule has 0 spiro atoms. The number of nitrogens with zero attached hydrogens (tertiary/aromatic N) is 3. The van der Waals surface area contributed by atoms with Crippen LogP contribution in [0, 0.1) is 11.3 Å². The van der Waals surface area contributed by atoms with Gasteiger partial charge in [-0.05, 0) is 31.0 Å². The van der Waals surface area contributed by atoms with Gasteiger partial charge in [-0.15, -0.1) is 0 Å². The van der Waals surface area contributed by atoms with Crippen molar-refractivity contribution in [3.8, 4) is 11.8 Å². The molecular weight excluding hydrogens is 386 g/mol. The summed E-state index contributed by atoms with van der Waals surface area (Å²) in [7, 11) is 0. The van der Waals surface area contributed by atoms with Gasteiger partial charge in [-0.1, -0.05) is 13.0 Å². The number of pyridine rings is 1. The zero-order valence-electron chi connectivity index (χ0n) is 16.5. The zero-order chi connectivity index (χ0) is 21.5. The number of carbonyl (C=O) groups is 1. The standard InChI is InChI=1S/C21H21N5O4/c1-2-9-26-18-17(20(28)25-21(26)29)11-14(13-23-18)19(27)24-15-6-5-7-16(12-15)30-10-4-3-8-22/h5-7,11-13H,2-4,9-10H2,1H3,(H,24,27)(H,25,28,29). The van der Waals surface area contributed by atoms with E-state index in [9.17, 15) is 14.4 Å². The molecular formula is C21H21N5O4. The van der Waals surface area contributed by atoms with E-state index in [4.69, 9.17) is 10.00 Å². The maximum absolute atomic E-state index is 12.6. The number of ether oxygens (including phenoxy) is 1. The number of carbonyl (C=O) groups excluding carboxylic acids is 1. The lowest BCUT2D eigenvalue weighted by Crippen LogP contribution is -2.31. The Hall–Kier alpha value is -3.93. The third-order valence-electron chi connectivity index (χ3n) is 4.34. The number of anilines is 1. The Labute approximate surface area is 171 Å². The minimum atomic E-state index is -0.586. The van der Waals surface area contributed by atoms with Crippen molar-refractivity contribution in [3.63, 3.8) is 0 Å². The molecule has 9 nitrogen and oxygen atoms in total. The molecule has 154 valence electrons. The van der Waals surface area contributed by atoms with E-state index in [0.29, 0.717) is 43.9 Å². The van der Waals surface area contributed by atoms with Crippen LogP contribution in [0.25, 0.3) is 11.0 Å². The molecule has 2 N–H and O–H groups in total. The van der Waals surface area contributed by atoms with Crippen LogP contribution in [0.3, 0.4) is 0 Å². The van der Waals surface area contributed by atoms with Gasteiger partial charge in [-0.25, -0.2) is 9.78 Å². The van der Waals surface area contributed by atoms with E-state index < -0.39 is 17.2 Å². The first-order chi connectivity index (χ1) is 14.5. The number of benzene rings is 1. The van der Waals surface area contributed by atoms with Gasteiger partial charge in [0.15, 0.2) is 0 Å². The third kappa shape index (κ3) is 4.72. The van der Waals surface area contributed by atoms with Crippen molar-refractivity contribution >= 4 is 22.6 Å². The van der Waals surface area contributed by atoms with Crippen LogP contribution in [0.15, 0.2) is 46.1 Å². The maximum Gasteiger partial charge on any atom is 0.329 e. The Kier molecular flexibility index (Phi) is 6.60. The largest absolute Gasteiger partial charge is 0.493 e. The van der Waals surface area contributed by atoms with Crippen LogP contribution in [-0.2, 0) is 6.54 Å². The Morgan fingerprint density at radius 2 is 2.17 bits per heavy atom. The summed E-state index contributed by atoms with van der Waals surface area (Å²) in [6.07, 6.45) is 3.06. The highest BCUT2D eigenvalue weighted by atomic mass is 16.5. The van der Waals surface area contributed by atoms with Gasteiger partial charge in [-0.2, -0.15) is 5.26 Å². The van der Waals surface area contributed by atoms with Crippen LogP contribution in [-0.4, -0.2) is 27.0 Å². The monoisotopic (exact) mass is 407 g/mol. The van der Waals surface area contributed by atoms with Crippen molar-refractivity contribution in [1.82, 2.24) is 14.5 Å². The fourth-order valence-corrected chi connectivity index (χ4v) is 2.93. The van der Waals surface area contributed by atoms with Gasteiger partial charge in [0.25, 0.3) is 11.5 Å². The fourth-order valence-electron chi connectivity index (χ4n) is 2.93. The average molecular weight is 407 g/mol. The number of amides is 1. The molecule has 0 saturated carbocycles. The van der Waals surface area contributed by atoms with Crippen LogP contribution in [0.4, 0.5) is 5.69 Å². The molecule has 3 rings (SSSR count). The Bertz CT molecular complexity index is 1220. The van der Waals surface area contributed by atoms with Crippen LogP contribution >= 0.6 is 0 Å². The first-order valence-corrected chi connectivity index (χ1v) is 9.57. The van der Waals surface area contributed by atoms with E-state index in [-0.39, 0.29) is 16.6 Å². The molecule has 0 fully saturated rings. The molecule has 2 aromatic heterocycles. The molecule has 9 heteroatoms. The maximum atomic E-state index is 12.6. The SMILES string of the molecule is CCCn1c(=O)[nH]c(=O)c2cc(C(=O)Nc3cccc(OCCCC#N)c3)cnc21. The lowest BCUT2D eigenvalue weighted by atomic mass is 10.2. The molecule has 0 radical (unpaired) electrons. The third-order valence-corrected chi connectivity index (χ3v) is 4.34. The van der Waals surface area contributed by atoms with Crippen molar-refractivity contribution in [3.05, 3.63) is 62.9 Å². The van der Waals surface area contributed by atoms with Gasteiger partial charge in [-0.3, -0.25) is 19.1 Å². The molecule has 1 aromatic carbocycles. The Balaban J connectivity index is 1.81. The summed E-state index contributed by atoms with van der Waals surface area (Å²) < 4.78 is 6.94. The van der Waals surface area contributed by atoms with Crippen LogP contribution < -0.4 is 21.3 Å². The summed E-state index contributed by atoms with van der Waals surface area (Å²) in [5.41, 5.74) is -0.157. The number of unbranched alkanes of at least 4 members (excludes halogenated alkanes) is 1. The lowest BCUT2D eigenvalue weighted by molar-refractivity contribution is 0.102. The highest BCUT2D eigenvalue weighted by molar-refractivity contribution is 6.05. The van der Waals surface area contributed by atoms with Gasteiger partial charge >= 0.3 is 5.69 Å². The number of nitriles is 1. The van der Waals surface area contributed by atoms with Gasteiger partial charge in [0.1, 0.15) is 11.4 Å². The van der Waals surface area contributed by atoms with Crippen LogP contribution in [0.5, 0.6) is 5.75 Å². The van der Waals surface area contributed by atoms with E-state index >= 15 is 0 Å². The number of aryl methyl sites for hydroxylation is 1. The minimum absolute atomic E-state index is 0.172. The quantitative estimate of drug-likeness (QED) is 0.552. The number of rotatable bonds is 8. The normalized spacial score (nSPS) is 10.5. The number of aromatic amines is 1. The van der Waals surface area contributed by atoms with Gasteiger partial charge in [0, 0.05) is 30.9 Å². The van der Waals surface area contributed by atoms with Gasteiger partial charge < -0.3 is 10.1 Å². The summed E-state index contributed by atoms with van der Waals surface area (Å²) in [6, 6.07) is 10.3. The molecule has 2 heterocycles. The van der Waals surface area contributed by atoms with Crippen molar-refractivity contribution in [2.75, 3.05) is 11.9 Å². The molecule has 1 amide bonds. The predicted molar refractivity (Wildman–Crippen MR) is 112 cm³/mol. The smallest absolute Gasteiger partial charge is 0.329 e. The lowest BCUT2D eigenvalue weighted by Gasteiger charge is -2.10. The Morgan fingerprint density at radius 3 is 2.93 bits per heavy atom. The number of hydrogen-bond donors (Lipinski definition) is 2. The number of H-pyrrole nitrogens is 1. The first kappa shape index (κ1) is 20.8. The number of fused-ring (bicyclic) bond motifs is 1. The van der Waals surface area contributed by atoms with Crippen molar-refractivity contribution in [2.45, 2.75) is 32.7 Å². The molecule has 3 aromatic rings. The van der Waals surface area contributed by atoms with Crippen LogP contribution in [0.2, 0.25) is 0 Å². The molecule has 0 unspecified atom stereocenters. The molecule has 0 aliphatic heterocycles. The molecule has 0 atom stereocenters. The van der Waals surface area contributed by atoms with E-state index in [1.165, 1.54) is 16.8 Å². The minimum Gasteiger partial charge on any atom is -0.493 e. The van der Waals surface area contributed by atoms with Crippen LogP contribution in [0.1, 0.15) is 36.5 Å². The summed E-state index contributed by atoms with van der Waals surface area (Å²) in [5.74, 6) is 0.126. The summed E-state index contributed by atoms with van der Waals surface area (Å²) in [4.78, 5) is 43.3. The summed E-state index contributed by atoms with van der Waals surface area (Å²) in [6.45, 7) is 2.72. The number of aromatic nitrogens is 3. The topological polar surface area (TPSA) is 130 Å². The van der Waals surface area contributed by atoms with E-state index in [1.54, 1.807) is 24.3 Å². The summed E-state index contributed by atoms with van der Waals surface area (Å²) >= 11 is 0.